The zero-order chi connectivity index (χ0) is 12.7. The Labute approximate surface area is 107 Å². The summed E-state index contributed by atoms with van der Waals surface area (Å²) in [7, 11) is 0. The first-order valence-electron chi connectivity index (χ1n) is 7.16. The van der Waals surface area contributed by atoms with E-state index in [0.29, 0.717) is 0 Å². The summed E-state index contributed by atoms with van der Waals surface area (Å²) in [6, 6.07) is 0. The largest absolute Gasteiger partial charge is 0.390 e. The first-order valence-corrected chi connectivity index (χ1v) is 7.16. The molecule has 3 heteroatoms. The van der Waals surface area contributed by atoms with Crippen molar-refractivity contribution in [3.63, 3.8) is 0 Å². The predicted molar refractivity (Wildman–Crippen MR) is 73.2 cm³/mol. The number of hydrogen-bond acceptors (Lipinski definition) is 3. The van der Waals surface area contributed by atoms with Gasteiger partial charge in [0.1, 0.15) is 0 Å². The topological polar surface area (TPSA) is 35.5 Å². The lowest BCUT2D eigenvalue weighted by molar-refractivity contribution is 0.0544. The third-order valence-corrected chi connectivity index (χ3v) is 3.55. The standard InChI is InChI=1S/C14H30N2O/c1-4-10-16(11-7-14(2,3)17)12-13-5-8-15-9-6-13/h13,15,17H,4-12H2,1-3H3. The van der Waals surface area contributed by atoms with E-state index in [1.165, 1.54) is 45.4 Å². The molecule has 0 aromatic heterocycles. The van der Waals surface area contributed by atoms with Crippen LogP contribution in [0.3, 0.4) is 0 Å². The van der Waals surface area contributed by atoms with Crippen molar-refractivity contribution in [2.75, 3.05) is 32.7 Å². The van der Waals surface area contributed by atoms with Crippen LogP contribution in [-0.4, -0.2) is 48.3 Å². The van der Waals surface area contributed by atoms with E-state index in [1.807, 2.05) is 13.8 Å². The van der Waals surface area contributed by atoms with Crippen LogP contribution in [0, 0.1) is 5.92 Å². The van der Waals surface area contributed by atoms with Crippen molar-refractivity contribution < 1.29 is 5.11 Å². The fourth-order valence-electron chi connectivity index (χ4n) is 2.47. The van der Waals surface area contributed by atoms with E-state index in [9.17, 15) is 5.11 Å². The van der Waals surface area contributed by atoms with Crippen molar-refractivity contribution >= 4 is 0 Å². The van der Waals surface area contributed by atoms with Crippen molar-refractivity contribution in [2.24, 2.45) is 5.92 Å². The summed E-state index contributed by atoms with van der Waals surface area (Å²) in [5.41, 5.74) is -0.528. The van der Waals surface area contributed by atoms with Gasteiger partial charge >= 0.3 is 0 Å². The van der Waals surface area contributed by atoms with E-state index in [4.69, 9.17) is 0 Å². The molecule has 0 aromatic rings. The third-order valence-electron chi connectivity index (χ3n) is 3.55. The first-order chi connectivity index (χ1) is 8.01. The molecule has 0 aromatic carbocycles. The summed E-state index contributed by atoms with van der Waals surface area (Å²) in [4.78, 5) is 2.54. The van der Waals surface area contributed by atoms with Crippen LogP contribution in [-0.2, 0) is 0 Å². The van der Waals surface area contributed by atoms with Crippen molar-refractivity contribution in [3.05, 3.63) is 0 Å². The van der Waals surface area contributed by atoms with Crippen LogP contribution in [0.2, 0.25) is 0 Å². The lowest BCUT2D eigenvalue weighted by Crippen LogP contribution is -2.38. The number of hydrogen-bond donors (Lipinski definition) is 2. The smallest absolute Gasteiger partial charge is 0.0603 e. The molecule has 1 rings (SSSR count). The molecular weight excluding hydrogens is 212 g/mol. The highest BCUT2D eigenvalue weighted by atomic mass is 16.3. The van der Waals surface area contributed by atoms with Crippen LogP contribution in [0.1, 0.15) is 46.5 Å². The van der Waals surface area contributed by atoms with Crippen LogP contribution >= 0.6 is 0 Å². The van der Waals surface area contributed by atoms with Crippen molar-refractivity contribution in [2.45, 2.75) is 52.1 Å². The Hall–Kier alpha value is -0.120. The van der Waals surface area contributed by atoms with E-state index in [0.717, 1.165) is 18.9 Å². The zero-order valence-electron chi connectivity index (χ0n) is 11.8. The van der Waals surface area contributed by atoms with Crippen LogP contribution in [0.15, 0.2) is 0 Å². The number of rotatable bonds is 7. The maximum Gasteiger partial charge on any atom is 0.0603 e. The molecule has 0 spiro atoms. The average molecular weight is 242 g/mol. The maximum absolute atomic E-state index is 9.80. The minimum Gasteiger partial charge on any atom is -0.390 e. The summed E-state index contributed by atoms with van der Waals surface area (Å²) in [5, 5.41) is 13.2. The van der Waals surface area contributed by atoms with Crippen LogP contribution in [0.25, 0.3) is 0 Å². The lowest BCUT2D eigenvalue weighted by Gasteiger charge is -2.31. The van der Waals surface area contributed by atoms with Crippen molar-refractivity contribution in [1.29, 1.82) is 0 Å². The molecule has 0 unspecified atom stereocenters. The van der Waals surface area contributed by atoms with Gasteiger partial charge in [0.15, 0.2) is 0 Å². The maximum atomic E-state index is 9.80. The van der Waals surface area contributed by atoms with Gasteiger partial charge in [-0.3, -0.25) is 0 Å². The Morgan fingerprint density at radius 2 is 1.88 bits per heavy atom. The zero-order valence-corrected chi connectivity index (χ0v) is 11.8. The Bertz CT molecular complexity index is 195. The molecule has 1 aliphatic heterocycles. The minimum atomic E-state index is -0.528. The Balaban J connectivity index is 2.31. The summed E-state index contributed by atoms with van der Waals surface area (Å²) in [6.07, 6.45) is 4.69. The molecule has 1 heterocycles. The lowest BCUT2D eigenvalue weighted by atomic mass is 9.97. The van der Waals surface area contributed by atoms with Crippen molar-refractivity contribution in [3.8, 4) is 0 Å². The monoisotopic (exact) mass is 242 g/mol. The molecule has 0 saturated carbocycles. The van der Waals surface area contributed by atoms with Gasteiger partial charge in [-0.05, 0) is 65.1 Å². The third kappa shape index (κ3) is 7.02. The highest BCUT2D eigenvalue weighted by molar-refractivity contribution is 4.74. The SMILES string of the molecule is CCCN(CCC(C)(C)O)CC1CCNCC1. The van der Waals surface area contributed by atoms with Gasteiger partial charge in [-0.25, -0.2) is 0 Å². The molecule has 0 aliphatic carbocycles. The van der Waals surface area contributed by atoms with Gasteiger partial charge in [-0.2, -0.15) is 0 Å². The fourth-order valence-corrected chi connectivity index (χ4v) is 2.47. The Kier molecular flexibility index (Phi) is 6.45. The summed E-state index contributed by atoms with van der Waals surface area (Å²) in [5.74, 6) is 0.851. The quantitative estimate of drug-likeness (QED) is 0.715. The Morgan fingerprint density at radius 1 is 1.24 bits per heavy atom. The second kappa shape index (κ2) is 7.34. The van der Waals surface area contributed by atoms with Gasteiger partial charge < -0.3 is 15.3 Å². The molecule has 0 atom stereocenters. The van der Waals surface area contributed by atoms with Gasteiger partial charge in [-0.1, -0.05) is 6.92 Å². The van der Waals surface area contributed by atoms with E-state index in [2.05, 4.69) is 17.1 Å². The first kappa shape index (κ1) is 14.9. The molecule has 3 nitrogen and oxygen atoms in total. The number of piperidine rings is 1. The highest BCUT2D eigenvalue weighted by Crippen LogP contribution is 2.15. The minimum absolute atomic E-state index is 0.528. The van der Waals surface area contributed by atoms with Gasteiger partial charge in [0.05, 0.1) is 5.60 Å². The number of aliphatic hydroxyl groups is 1. The van der Waals surface area contributed by atoms with Gasteiger partial charge in [-0.15, -0.1) is 0 Å². The highest BCUT2D eigenvalue weighted by Gasteiger charge is 2.19. The second-order valence-electron chi connectivity index (χ2n) is 6.06. The number of nitrogens with one attached hydrogen (secondary N) is 1. The van der Waals surface area contributed by atoms with Gasteiger partial charge in [0, 0.05) is 13.1 Å². The molecule has 1 saturated heterocycles. The summed E-state index contributed by atoms with van der Waals surface area (Å²) in [6.45, 7) is 11.8. The van der Waals surface area contributed by atoms with Crippen molar-refractivity contribution in [1.82, 2.24) is 10.2 Å². The van der Waals surface area contributed by atoms with E-state index >= 15 is 0 Å². The van der Waals surface area contributed by atoms with Crippen LogP contribution in [0.5, 0.6) is 0 Å². The summed E-state index contributed by atoms with van der Waals surface area (Å²) >= 11 is 0. The molecule has 1 fully saturated rings. The number of nitrogens with zero attached hydrogens (tertiary/aromatic N) is 1. The molecule has 2 N–H and O–H groups in total. The molecule has 1 aliphatic rings. The fraction of sp³-hybridized carbons (Fsp3) is 1.00. The van der Waals surface area contributed by atoms with Gasteiger partial charge in [0.2, 0.25) is 0 Å². The normalized spacial score (nSPS) is 18.9. The second-order valence-corrected chi connectivity index (χ2v) is 6.06. The Morgan fingerprint density at radius 3 is 2.41 bits per heavy atom. The molecule has 0 amide bonds. The van der Waals surface area contributed by atoms with Gasteiger partial charge in [0.25, 0.3) is 0 Å². The van der Waals surface area contributed by atoms with E-state index in [1.54, 1.807) is 0 Å². The molecule has 0 bridgehead atoms. The molecule has 102 valence electrons. The van der Waals surface area contributed by atoms with E-state index in [-0.39, 0.29) is 0 Å². The van der Waals surface area contributed by atoms with Crippen LogP contribution in [0.4, 0.5) is 0 Å². The average Bonchev–Trinajstić information content (AvgIpc) is 2.27. The van der Waals surface area contributed by atoms with Crippen LogP contribution < -0.4 is 5.32 Å². The molecule has 17 heavy (non-hydrogen) atoms. The predicted octanol–water partition coefficient (Wildman–Crippen LogP) is 1.86. The van der Waals surface area contributed by atoms with E-state index < -0.39 is 5.60 Å². The summed E-state index contributed by atoms with van der Waals surface area (Å²) < 4.78 is 0. The molecular formula is C14H30N2O. The molecule has 0 radical (unpaired) electrons.